The third-order valence-electron chi connectivity index (χ3n) is 4.55. The van der Waals surface area contributed by atoms with Crippen LogP contribution in [0.25, 0.3) is 10.6 Å². The Hall–Kier alpha value is -3.32. The topological polar surface area (TPSA) is 59.8 Å². The zero-order valence-corrected chi connectivity index (χ0v) is 16.6. The van der Waals surface area contributed by atoms with Crippen LogP contribution in [0.4, 0.5) is 4.39 Å². The van der Waals surface area contributed by atoms with Gasteiger partial charge >= 0.3 is 0 Å². The molecule has 5 nitrogen and oxygen atoms in total. The predicted molar refractivity (Wildman–Crippen MR) is 111 cm³/mol. The van der Waals surface area contributed by atoms with Gasteiger partial charge in [0.1, 0.15) is 22.7 Å². The van der Waals surface area contributed by atoms with Gasteiger partial charge in [-0.3, -0.25) is 4.79 Å². The Morgan fingerprint density at radius 1 is 1.17 bits per heavy atom. The van der Waals surface area contributed by atoms with Crippen LogP contribution in [0, 0.1) is 5.82 Å². The Morgan fingerprint density at radius 3 is 2.66 bits per heavy atom. The number of nitrogens with one attached hydrogen (secondary N) is 1. The van der Waals surface area contributed by atoms with E-state index >= 15 is 0 Å². The molecule has 0 aliphatic carbocycles. The first kappa shape index (κ1) is 19.0. The third kappa shape index (κ3) is 4.25. The first-order valence-electron chi connectivity index (χ1n) is 9.12. The largest absolute Gasteiger partial charge is 0.342 e. The van der Waals surface area contributed by atoms with Crippen LogP contribution in [0.5, 0.6) is 0 Å². The number of aromatic nitrogens is 3. The van der Waals surface area contributed by atoms with Crippen molar-refractivity contribution in [3.8, 4) is 10.6 Å². The monoisotopic (exact) mass is 406 g/mol. The summed E-state index contributed by atoms with van der Waals surface area (Å²) in [6.45, 7) is 0. The fourth-order valence-electron chi connectivity index (χ4n) is 3.12. The fourth-order valence-corrected chi connectivity index (χ4v) is 3.95. The van der Waals surface area contributed by atoms with E-state index in [2.05, 4.69) is 15.3 Å². The predicted octanol–water partition coefficient (Wildman–Crippen LogP) is 4.13. The molecular formula is C22H19FN4OS. The molecule has 4 aromatic rings. The lowest BCUT2D eigenvalue weighted by Crippen LogP contribution is -2.32. The molecule has 7 heteroatoms. The van der Waals surface area contributed by atoms with Gasteiger partial charge in [0.25, 0.3) is 0 Å². The molecular weight excluding hydrogens is 387 g/mol. The van der Waals surface area contributed by atoms with Crippen molar-refractivity contribution in [2.45, 2.75) is 12.5 Å². The quantitative estimate of drug-likeness (QED) is 0.524. The van der Waals surface area contributed by atoms with Gasteiger partial charge in [0.15, 0.2) is 0 Å². The molecule has 1 N–H and O–H groups in total. The minimum Gasteiger partial charge on any atom is -0.342 e. The van der Waals surface area contributed by atoms with Crippen molar-refractivity contribution in [3.05, 3.63) is 95.3 Å². The first-order chi connectivity index (χ1) is 14.1. The Kier molecular flexibility index (Phi) is 5.48. The number of nitrogens with zero attached hydrogens (tertiary/aromatic N) is 3. The van der Waals surface area contributed by atoms with Crippen molar-refractivity contribution in [2.24, 2.45) is 7.05 Å². The van der Waals surface area contributed by atoms with Crippen LogP contribution in [0.3, 0.4) is 0 Å². The number of imidazole rings is 1. The van der Waals surface area contributed by atoms with E-state index in [-0.39, 0.29) is 18.1 Å². The Morgan fingerprint density at radius 2 is 1.93 bits per heavy atom. The number of benzene rings is 2. The molecule has 0 saturated heterocycles. The van der Waals surface area contributed by atoms with E-state index in [1.807, 2.05) is 42.8 Å². The zero-order valence-electron chi connectivity index (χ0n) is 15.7. The van der Waals surface area contributed by atoms with Gasteiger partial charge in [-0.25, -0.2) is 14.4 Å². The molecule has 1 amide bonds. The molecule has 0 saturated carbocycles. The minimum absolute atomic E-state index is 0.110. The summed E-state index contributed by atoms with van der Waals surface area (Å²) in [5.41, 5.74) is 2.07. The van der Waals surface area contributed by atoms with Crippen molar-refractivity contribution in [3.63, 3.8) is 0 Å². The van der Waals surface area contributed by atoms with Crippen molar-refractivity contribution in [2.75, 3.05) is 0 Å². The van der Waals surface area contributed by atoms with Gasteiger partial charge in [0.05, 0.1) is 12.1 Å². The third-order valence-corrected chi connectivity index (χ3v) is 5.49. The molecule has 0 radical (unpaired) electrons. The number of rotatable bonds is 6. The normalized spacial score (nSPS) is 11.9. The maximum absolute atomic E-state index is 14.4. The summed E-state index contributed by atoms with van der Waals surface area (Å²) in [7, 11) is 1.81. The second-order valence-corrected chi connectivity index (χ2v) is 7.46. The maximum atomic E-state index is 14.4. The van der Waals surface area contributed by atoms with Crippen LogP contribution in [0.1, 0.15) is 23.1 Å². The second-order valence-electron chi connectivity index (χ2n) is 6.61. The molecule has 0 spiro atoms. The standard InChI is InChI=1S/C22H19FN4OS/c1-27-12-11-24-21(27)20(17-9-5-6-10-18(17)23)26-19(28)13-16-14-29-22(25-16)15-7-3-2-4-8-15/h2-12,14,20H,13H2,1H3,(H,26,28). The first-order valence-corrected chi connectivity index (χ1v) is 10.0. The number of amides is 1. The van der Waals surface area contributed by atoms with Gasteiger partial charge in [0, 0.05) is 35.9 Å². The summed E-state index contributed by atoms with van der Waals surface area (Å²) in [6, 6.07) is 15.5. The Labute approximate surface area is 171 Å². The molecule has 0 aliphatic heterocycles. The van der Waals surface area contributed by atoms with Gasteiger partial charge in [-0.2, -0.15) is 0 Å². The summed E-state index contributed by atoms with van der Waals surface area (Å²) in [5.74, 6) is -0.0707. The minimum atomic E-state index is -0.684. The molecule has 1 atom stereocenters. The molecule has 4 rings (SSSR count). The number of hydrogen-bond acceptors (Lipinski definition) is 4. The highest BCUT2D eigenvalue weighted by Gasteiger charge is 2.24. The zero-order chi connectivity index (χ0) is 20.2. The highest BCUT2D eigenvalue weighted by molar-refractivity contribution is 7.13. The molecule has 146 valence electrons. The maximum Gasteiger partial charge on any atom is 0.226 e. The van der Waals surface area contributed by atoms with E-state index in [1.54, 1.807) is 35.2 Å². The van der Waals surface area contributed by atoms with Crippen LogP contribution in [-0.4, -0.2) is 20.4 Å². The highest BCUT2D eigenvalue weighted by atomic mass is 32.1. The number of thiazole rings is 1. The van der Waals surface area contributed by atoms with Crippen molar-refractivity contribution in [1.82, 2.24) is 19.9 Å². The van der Waals surface area contributed by atoms with Gasteiger partial charge in [-0.05, 0) is 6.07 Å². The smallest absolute Gasteiger partial charge is 0.226 e. The number of aryl methyl sites for hydroxylation is 1. The van der Waals surface area contributed by atoms with E-state index in [1.165, 1.54) is 17.4 Å². The SMILES string of the molecule is Cn1ccnc1C(NC(=O)Cc1csc(-c2ccccc2)n1)c1ccccc1F. The summed E-state index contributed by atoms with van der Waals surface area (Å²) < 4.78 is 16.2. The van der Waals surface area contributed by atoms with Crippen LogP contribution < -0.4 is 5.32 Å². The lowest BCUT2D eigenvalue weighted by Gasteiger charge is -2.19. The summed E-state index contributed by atoms with van der Waals surface area (Å²) >= 11 is 1.49. The van der Waals surface area contributed by atoms with Crippen molar-refractivity contribution in [1.29, 1.82) is 0 Å². The molecule has 0 fully saturated rings. The second kappa shape index (κ2) is 8.36. The highest BCUT2D eigenvalue weighted by Crippen LogP contribution is 2.25. The van der Waals surface area contributed by atoms with Gasteiger partial charge in [0.2, 0.25) is 5.91 Å². The summed E-state index contributed by atoms with van der Waals surface area (Å²) in [5, 5.41) is 5.66. The van der Waals surface area contributed by atoms with Crippen LogP contribution in [-0.2, 0) is 18.3 Å². The van der Waals surface area contributed by atoms with E-state index in [9.17, 15) is 9.18 Å². The molecule has 0 aliphatic rings. The molecule has 2 aromatic carbocycles. The van der Waals surface area contributed by atoms with Crippen LogP contribution in [0.15, 0.2) is 72.4 Å². The van der Waals surface area contributed by atoms with Crippen molar-refractivity contribution >= 4 is 17.2 Å². The average molecular weight is 406 g/mol. The van der Waals surface area contributed by atoms with Crippen LogP contribution >= 0.6 is 11.3 Å². The number of halogens is 1. The lowest BCUT2D eigenvalue weighted by atomic mass is 10.0. The number of carbonyl (C=O) groups is 1. The number of carbonyl (C=O) groups excluding carboxylic acids is 1. The lowest BCUT2D eigenvalue weighted by molar-refractivity contribution is -0.121. The van der Waals surface area contributed by atoms with E-state index < -0.39 is 6.04 Å². The van der Waals surface area contributed by atoms with Gasteiger partial charge in [-0.1, -0.05) is 48.5 Å². The van der Waals surface area contributed by atoms with E-state index in [0.29, 0.717) is 17.1 Å². The van der Waals surface area contributed by atoms with Gasteiger partial charge < -0.3 is 9.88 Å². The molecule has 2 aromatic heterocycles. The Bertz CT molecular complexity index is 1120. The van der Waals surface area contributed by atoms with Gasteiger partial charge in [-0.15, -0.1) is 11.3 Å². The van der Waals surface area contributed by atoms with E-state index in [4.69, 9.17) is 0 Å². The molecule has 2 heterocycles. The average Bonchev–Trinajstić information content (AvgIpc) is 3.36. The van der Waals surface area contributed by atoms with Crippen molar-refractivity contribution < 1.29 is 9.18 Å². The Balaban J connectivity index is 1.54. The fraction of sp³-hybridized carbons (Fsp3) is 0.136. The van der Waals surface area contributed by atoms with E-state index in [0.717, 1.165) is 10.6 Å². The molecule has 1 unspecified atom stereocenters. The summed E-state index contributed by atoms with van der Waals surface area (Å²) in [4.78, 5) is 21.6. The number of hydrogen-bond donors (Lipinski definition) is 1. The molecule has 0 bridgehead atoms. The molecule has 29 heavy (non-hydrogen) atoms. The summed E-state index contributed by atoms with van der Waals surface area (Å²) in [6.07, 6.45) is 3.50. The van der Waals surface area contributed by atoms with Crippen LogP contribution in [0.2, 0.25) is 0 Å².